The van der Waals surface area contributed by atoms with E-state index < -0.39 is 0 Å². The fourth-order valence-corrected chi connectivity index (χ4v) is 2.06. The van der Waals surface area contributed by atoms with Crippen LogP contribution in [0.4, 0.5) is 0 Å². The van der Waals surface area contributed by atoms with Gasteiger partial charge < -0.3 is 9.84 Å². The molecular formula is C18H22O2. The van der Waals surface area contributed by atoms with Gasteiger partial charge in [-0.3, -0.25) is 0 Å². The van der Waals surface area contributed by atoms with Gasteiger partial charge in [-0.15, -0.1) is 0 Å². The van der Waals surface area contributed by atoms with Gasteiger partial charge in [0.15, 0.2) is 0 Å². The molecule has 0 spiro atoms. The number of hydrogen-bond acceptors (Lipinski definition) is 2. The molecule has 20 heavy (non-hydrogen) atoms. The second-order valence-corrected chi connectivity index (χ2v) is 5.27. The summed E-state index contributed by atoms with van der Waals surface area (Å²) in [5.74, 6) is 0.911. The Morgan fingerprint density at radius 3 is 2.45 bits per heavy atom. The van der Waals surface area contributed by atoms with Gasteiger partial charge in [0.25, 0.3) is 0 Å². The van der Waals surface area contributed by atoms with E-state index in [-0.39, 0.29) is 6.10 Å². The highest BCUT2D eigenvalue weighted by Crippen LogP contribution is 2.21. The van der Waals surface area contributed by atoms with Gasteiger partial charge in [0.2, 0.25) is 0 Å². The fraction of sp³-hybridized carbons (Fsp3) is 0.333. The van der Waals surface area contributed by atoms with Crippen molar-refractivity contribution in [3.05, 3.63) is 65.2 Å². The van der Waals surface area contributed by atoms with E-state index in [1.807, 2.05) is 25.1 Å². The van der Waals surface area contributed by atoms with Crippen LogP contribution in [-0.2, 0) is 13.0 Å². The molecule has 1 unspecified atom stereocenters. The van der Waals surface area contributed by atoms with E-state index in [1.165, 1.54) is 11.1 Å². The van der Waals surface area contributed by atoms with Crippen molar-refractivity contribution in [2.24, 2.45) is 0 Å². The third-order valence-corrected chi connectivity index (χ3v) is 3.32. The van der Waals surface area contributed by atoms with Crippen LogP contribution in [0.2, 0.25) is 0 Å². The summed E-state index contributed by atoms with van der Waals surface area (Å²) in [7, 11) is 0. The van der Waals surface area contributed by atoms with Crippen molar-refractivity contribution < 1.29 is 9.84 Å². The Bertz CT molecular complexity index is 529. The van der Waals surface area contributed by atoms with E-state index in [9.17, 15) is 5.11 Å². The summed E-state index contributed by atoms with van der Waals surface area (Å²) in [6, 6.07) is 16.4. The molecule has 0 aromatic heterocycles. The molecule has 0 fully saturated rings. The SMILES string of the molecule is Cc1ccc(COc2ccccc2CCC(C)O)cc1. The van der Waals surface area contributed by atoms with Crippen molar-refractivity contribution in [2.45, 2.75) is 39.4 Å². The molecule has 0 amide bonds. The van der Waals surface area contributed by atoms with Gasteiger partial charge in [-0.05, 0) is 43.9 Å². The fourth-order valence-electron chi connectivity index (χ4n) is 2.06. The number of hydrogen-bond donors (Lipinski definition) is 1. The highest BCUT2D eigenvalue weighted by atomic mass is 16.5. The number of para-hydroxylation sites is 1. The van der Waals surface area contributed by atoms with E-state index in [1.54, 1.807) is 0 Å². The summed E-state index contributed by atoms with van der Waals surface area (Å²) in [6.07, 6.45) is 1.31. The molecule has 0 saturated carbocycles. The molecule has 2 nitrogen and oxygen atoms in total. The van der Waals surface area contributed by atoms with Crippen LogP contribution in [0.3, 0.4) is 0 Å². The summed E-state index contributed by atoms with van der Waals surface area (Å²) in [5.41, 5.74) is 3.58. The zero-order valence-corrected chi connectivity index (χ0v) is 12.2. The number of ether oxygens (including phenoxy) is 1. The summed E-state index contributed by atoms with van der Waals surface area (Å²) >= 11 is 0. The second kappa shape index (κ2) is 7.11. The topological polar surface area (TPSA) is 29.5 Å². The largest absolute Gasteiger partial charge is 0.489 e. The molecule has 1 N–H and O–H groups in total. The minimum atomic E-state index is -0.278. The summed E-state index contributed by atoms with van der Waals surface area (Å²) in [5, 5.41) is 9.40. The zero-order valence-electron chi connectivity index (χ0n) is 12.2. The van der Waals surface area contributed by atoms with Crippen LogP contribution in [0, 0.1) is 6.92 Å². The van der Waals surface area contributed by atoms with Crippen LogP contribution in [0.1, 0.15) is 30.0 Å². The standard InChI is InChI=1S/C18H22O2/c1-14-7-10-16(11-8-14)13-20-18-6-4-3-5-17(18)12-9-15(2)19/h3-8,10-11,15,19H,9,12-13H2,1-2H3. The Hall–Kier alpha value is -1.80. The van der Waals surface area contributed by atoms with Crippen molar-refractivity contribution >= 4 is 0 Å². The molecule has 0 aliphatic rings. The van der Waals surface area contributed by atoms with Gasteiger partial charge in [0, 0.05) is 0 Å². The molecule has 106 valence electrons. The monoisotopic (exact) mass is 270 g/mol. The minimum Gasteiger partial charge on any atom is -0.489 e. The maximum Gasteiger partial charge on any atom is 0.122 e. The first-order valence-electron chi connectivity index (χ1n) is 7.09. The van der Waals surface area contributed by atoms with E-state index in [4.69, 9.17) is 4.74 Å². The Labute approximate surface area is 121 Å². The Kier molecular flexibility index (Phi) is 5.19. The van der Waals surface area contributed by atoms with Crippen LogP contribution in [0.15, 0.2) is 48.5 Å². The molecule has 2 rings (SSSR count). The van der Waals surface area contributed by atoms with Gasteiger partial charge in [-0.1, -0.05) is 48.0 Å². The van der Waals surface area contributed by atoms with Crippen molar-refractivity contribution in [1.82, 2.24) is 0 Å². The maximum atomic E-state index is 9.40. The molecule has 2 aromatic carbocycles. The normalized spacial score (nSPS) is 12.2. The minimum absolute atomic E-state index is 0.278. The first-order chi connectivity index (χ1) is 9.65. The van der Waals surface area contributed by atoms with Gasteiger partial charge in [-0.2, -0.15) is 0 Å². The highest BCUT2D eigenvalue weighted by molar-refractivity contribution is 5.34. The second-order valence-electron chi connectivity index (χ2n) is 5.27. The first-order valence-corrected chi connectivity index (χ1v) is 7.09. The lowest BCUT2D eigenvalue weighted by atomic mass is 10.1. The highest BCUT2D eigenvalue weighted by Gasteiger charge is 2.05. The van der Waals surface area contributed by atoms with Crippen LogP contribution in [0.25, 0.3) is 0 Å². The summed E-state index contributed by atoms with van der Waals surface area (Å²) in [4.78, 5) is 0. The average molecular weight is 270 g/mol. The van der Waals surface area contributed by atoms with E-state index in [0.29, 0.717) is 6.61 Å². The predicted octanol–water partition coefficient (Wildman–Crippen LogP) is 3.89. The predicted molar refractivity (Wildman–Crippen MR) is 82.0 cm³/mol. The van der Waals surface area contributed by atoms with Crippen molar-refractivity contribution in [3.63, 3.8) is 0 Å². The van der Waals surface area contributed by atoms with E-state index >= 15 is 0 Å². The smallest absolute Gasteiger partial charge is 0.122 e. The van der Waals surface area contributed by atoms with Crippen LogP contribution in [0.5, 0.6) is 5.75 Å². The summed E-state index contributed by atoms with van der Waals surface area (Å²) in [6.45, 7) is 4.47. The lowest BCUT2D eigenvalue weighted by Gasteiger charge is -2.12. The summed E-state index contributed by atoms with van der Waals surface area (Å²) < 4.78 is 5.91. The number of aliphatic hydroxyl groups is 1. The quantitative estimate of drug-likeness (QED) is 0.863. The molecular weight excluding hydrogens is 248 g/mol. The van der Waals surface area contributed by atoms with Gasteiger partial charge in [-0.25, -0.2) is 0 Å². The number of benzene rings is 2. The molecule has 0 saturated heterocycles. The lowest BCUT2D eigenvalue weighted by molar-refractivity contribution is 0.184. The Morgan fingerprint density at radius 2 is 1.75 bits per heavy atom. The van der Waals surface area contributed by atoms with E-state index in [2.05, 4.69) is 37.3 Å². The van der Waals surface area contributed by atoms with Crippen LogP contribution in [-0.4, -0.2) is 11.2 Å². The Balaban J connectivity index is 1.99. The zero-order chi connectivity index (χ0) is 14.4. The van der Waals surface area contributed by atoms with Gasteiger partial charge in [0.05, 0.1) is 6.10 Å². The number of aliphatic hydroxyl groups excluding tert-OH is 1. The van der Waals surface area contributed by atoms with Gasteiger partial charge in [0.1, 0.15) is 12.4 Å². The van der Waals surface area contributed by atoms with Crippen LogP contribution >= 0.6 is 0 Å². The van der Waals surface area contributed by atoms with Gasteiger partial charge >= 0.3 is 0 Å². The lowest BCUT2D eigenvalue weighted by Crippen LogP contribution is -2.03. The number of rotatable bonds is 6. The van der Waals surface area contributed by atoms with Crippen molar-refractivity contribution in [1.29, 1.82) is 0 Å². The molecule has 0 bridgehead atoms. The molecule has 0 aliphatic carbocycles. The van der Waals surface area contributed by atoms with Crippen molar-refractivity contribution in [3.8, 4) is 5.75 Å². The average Bonchev–Trinajstić information content (AvgIpc) is 2.45. The third-order valence-electron chi connectivity index (χ3n) is 3.32. The first kappa shape index (κ1) is 14.6. The van der Waals surface area contributed by atoms with Crippen LogP contribution < -0.4 is 4.74 Å². The number of aryl methyl sites for hydroxylation is 2. The molecule has 0 radical (unpaired) electrons. The molecule has 2 heteroatoms. The molecule has 2 aromatic rings. The maximum absolute atomic E-state index is 9.40. The van der Waals surface area contributed by atoms with Crippen molar-refractivity contribution in [2.75, 3.05) is 0 Å². The van der Waals surface area contributed by atoms with E-state index in [0.717, 1.165) is 24.2 Å². The third kappa shape index (κ3) is 4.39. The molecule has 1 atom stereocenters. The molecule has 0 aliphatic heterocycles. The molecule has 0 heterocycles. The Morgan fingerprint density at radius 1 is 1.05 bits per heavy atom.